The lowest BCUT2D eigenvalue weighted by atomic mass is 10.2. The second kappa shape index (κ2) is 4.97. The minimum absolute atomic E-state index is 0.0536. The van der Waals surface area contributed by atoms with Gasteiger partial charge in [-0.2, -0.15) is 0 Å². The number of carbonyl (C=O) groups excluding carboxylic acids is 1. The molecule has 0 N–H and O–H groups in total. The quantitative estimate of drug-likeness (QED) is 0.767. The van der Waals surface area contributed by atoms with Crippen molar-refractivity contribution in [2.75, 3.05) is 0 Å². The molecule has 2 rings (SSSR count). The Morgan fingerprint density at radius 3 is 2.65 bits per heavy atom. The molecule has 4 heteroatoms. The van der Waals surface area contributed by atoms with Gasteiger partial charge in [-0.05, 0) is 36.4 Å². The van der Waals surface area contributed by atoms with Crippen LogP contribution in [0.3, 0.4) is 0 Å². The summed E-state index contributed by atoms with van der Waals surface area (Å²) in [6, 6.07) is 10.6. The number of ether oxygens (including phenoxy) is 1. The zero-order chi connectivity index (χ0) is 12.3. The third-order valence-electron chi connectivity index (χ3n) is 2.12. The fourth-order valence-corrected chi connectivity index (χ4v) is 1.51. The maximum absolute atomic E-state index is 13.5. The van der Waals surface area contributed by atoms with E-state index in [1.165, 1.54) is 12.1 Å². The van der Waals surface area contributed by atoms with E-state index in [0.717, 1.165) is 6.07 Å². The van der Waals surface area contributed by atoms with Crippen LogP contribution in [0, 0.1) is 5.82 Å². The van der Waals surface area contributed by atoms with Gasteiger partial charge in [0, 0.05) is 10.6 Å². The summed E-state index contributed by atoms with van der Waals surface area (Å²) in [4.78, 5) is 10.4. The number of carbonyl (C=O) groups is 1. The molecule has 86 valence electrons. The topological polar surface area (TPSA) is 26.3 Å². The van der Waals surface area contributed by atoms with Crippen LogP contribution in [0.5, 0.6) is 11.5 Å². The van der Waals surface area contributed by atoms with Gasteiger partial charge in [0.25, 0.3) is 0 Å². The molecule has 2 aromatic carbocycles. The van der Waals surface area contributed by atoms with Gasteiger partial charge in [-0.25, -0.2) is 4.39 Å². The van der Waals surface area contributed by atoms with Crippen LogP contribution in [0.25, 0.3) is 0 Å². The molecule has 0 aliphatic carbocycles. The lowest BCUT2D eigenvalue weighted by molar-refractivity contribution is 0.112. The van der Waals surface area contributed by atoms with Crippen LogP contribution in [0.1, 0.15) is 10.4 Å². The van der Waals surface area contributed by atoms with Gasteiger partial charge in [0.2, 0.25) is 0 Å². The van der Waals surface area contributed by atoms with E-state index in [4.69, 9.17) is 16.3 Å². The minimum atomic E-state index is -0.588. The first-order valence-electron chi connectivity index (χ1n) is 4.87. The first-order chi connectivity index (χ1) is 8.19. The van der Waals surface area contributed by atoms with E-state index >= 15 is 0 Å². The maximum atomic E-state index is 13.5. The van der Waals surface area contributed by atoms with Gasteiger partial charge < -0.3 is 4.74 Å². The maximum Gasteiger partial charge on any atom is 0.166 e. The number of rotatable bonds is 3. The molecule has 0 aliphatic rings. The molecule has 0 saturated heterocycles. The van der Waals surface area contributed by atoms with Gasteiger partial charge in [0.1, 0.15) is 12.0 Å². The zero-order valence-electron chi connectivity index (χ0n) is 8.69. The molecule has 0 aliphatic heterocycles. The number of halogens is 2. The van der Waals surface area contributed by atoms with E-state index in [-0.39, 0.29) is 11.3 Å². The van der Waals surface area contributed by atoms with Gasteiger partial charge in [-0.15, -0.1) is 0 Å². The van der Waals surface area contributed by atoms with Crippen LogP contribution in [-0.4, -0.2) is 6.29 Å². The van der Waals surface area contributed by atoms with Crippen molar-refractivity contribution in [2.45, 2.75) is 0 Å². The Hall–Kier alpha value is -1.87. The molecule has 17 heavy (non-hydrogen) atoms. The summed E-state index contributed by atoms with van der Waals surface area (Å²) < 4.78 is 18.8. The normalized spacial score (nSPS) is 10.0. The van der Waals surface area contributed by atoms with Crippen LogP contribution in [-0.2, 0) is 0 Å². The van der Waals surface area contributed by atoms with Gasteiger partial charge in [0.05, 0.1) is 0 Å². The summed E-state index contributed by atoms with van der Waals surface area (Å²) >= 11 is 5.78. The van der Waals surface area contributed by atoms with Gasteiger partial charge in [-0.3, -0.25) is 4.79 Å². The predicted molar refractivity (Wildman–Crippen MR) is 63.3 cm³/mol. The smallest absolute Gasteiger partial charge is 0.166 e. The van der Waals surface area contributed by atoms with Crippen molar-refractivity contribution in [3.05, 3.63) is 58.9 Å². The van der Waals surface area contributed by atoms with Crippen LogP contribution in [0.4, 0.5) is 4.39 Å². The van der Waals surface area contributed by atoms with Crippen LogP contribution in [0.15, 0.2) is 42.5 Å². The van der Waals surface area contributed by atoms with Crippen LogP contribution in [0.2, 0.25) is 5.02 Å². The van der Waals surface area contributed by atoms with E-state index in [1.54, 1.807) is 24.3 Å². The Balaban J connectivity index is 2.27. The van der Waals surface area contributed by atoms with Crippen LogP contribution >= 0.6 is 11.6 Å². The standard InChI is InChI=1S/C13H8ClFO2/c14-10-2-1-3-11(7-10)17-13-5-4-9(8-16)6-12(13)15/h1-8H. The SMILES string of the molecule is O=Cc1ccc(Oc2cccc(Cl)c2)c(F)c1. The molecule has 0 aromatic heterocycles. The Morgan fingerprint density at radius 2 is 2.00 bits per heavy atom. The fraction of sp³-hybridized carbons (Fsp3) is 0. The van der Waals surface area contributed by atoms with Gasteiger partial charge >= 0.3 is 0 Å². The van der Waals surface area contributed by atoms with Crippen LogP contribution < -0.4 is 4.74 Å². The van der Waals surface area contributed by atoms with Crippen molar-refractivity contribution in [1.82, 2.24) is 0 Å². The van der Waals surface area contributed by atoms with Gasteiger partial charge in [0.15, 0.2) is 11.6 Å². The number of hydrogen-bond acceptors (Lipinski definition) is 2. The molecule has 0 amide bonds. The molecule has 0 heterocycles. The van der Waals surface area contributed by atoms with E-state index in [0.29, 0.717) is 17.1 Å². The van der Waals surface area contributed by atoms with Crippen molar-refractivity contribution in [3.63, 3.8) is 0 Å². The third kappa shape index (κ3) is 2.82. The Bertz CT molecular complexity index is 555. The summed E-state index contributed by atoms with van der Waals surface area (Å²) in [6.07, 6.45) is 0.576. The number of benzene rings is 2. The highest BCUT2D eigenvalue weighted by molar-refractivity contribution is 6.30. The predicted octanol–water partition coefficient (Wildman–Crippen LogP) is 4.08. The average molecular weight is 251 g/mol. The molecule has 0 bridgehead atoms. The summed E-state index contributed by atoms with van der Waals surface area (Å²) in [6.45, 7) is 0. The molecule has 0 spiro atoms. The lowest BCUT2D eigenvalue weighted by Gasteiger charge is -2.07. The molecule has 0 unspecified atom stereocenters. The molecule has 0 saturated carbocycles. The van der Waals surface area contributed by atoms with Crippen molar-refractivity contribution in [2.24, 2.45) is 0 Å². The Labute approximate surface area is 103 Å². The van der Waals surface area contributed by atoms with E-state index in [1.807, 2.05) is 0 Å². The van der Waals surface area contributed by atoms with Crippen molar-refractivity contribution >= 4 is 17.9 Å². The molecular formula is C13H8ClFO2. The molecule has 2 nitrogen and oxygen atoms in total. The first kappa shape index (κ1) is 11.6. The number of hydrogen-bond donors (Lipinski definition) is 0. The van der Waals surface area contributed by atoms with Crippen molar-refractivity contribution < 1.29 is 13.9 Å². The second-order valence-corrected chi connectivity index (χ2v) is 3.80. The molecule has 0 radical (unpaired) electrons. The summed E-state index contributed by atoms with van der Waals surface area (Å²) in [5, 5.41) is 0.507. The molecule has 0 atom stereocenters. The number of aldehydes is 1. The van der Waals surface area contributed by atoms with Gasteiger partial charge in [-0.1, -0.05) is 17.7 Å². The first-order valence-corrected chi connectivity index (χ1v) is 5.25. The zero-order valence-corrected chi connectivity index (χ0v) is 9.45. The monoisotopic (exact) mass is 250 g/mol. The van der Waals surface area contributed by atoms with E-state index in [9.17, 15) is 9.18 Å². The second-order valence-electron chi connectivity index (χ2n) is 3.37. The Kier molecular flexibility index (Phi) is 3.40. The van der Waals surface area contributed by atoms with Crippen molar-refractivity contribution in [1.29, 1.82) is 0 Å². The fourth-order valence-electron chi connectivity index (χ4n) is 1.33. The van der Waals surface area contributed by atoms with Crippen molar-refractivity contribution in [3.8, 4) is 11.5 Å². The summed E-state index contributed by atoms with van der Waals surface area (Å²) in [7, 11) is 0. The lowest BCUT2D eigenvalue weighted by Crippen LogP contribution is -1.90. The largest absolute Gasteiger partial charge is 0.454 e. The highest BCUT2D eigenvalue weighted by Gasteiger charge is 2.06. The Morgan fingerprint density at radius 1 is 1.18 bits per heavy atom. The highest BCUT2D eigenvalue weighted by atomic mass is 35.5. The molecule has 0 fully saturated rings. The average Bonchev–Trinajstić information content (AvgIpc) is 2.32. The van der Waals surface area contributed by atoms with E-state index < -0.39 is 5.82 Å². The van der Waals surface area contributed by atoms with E-state index in [2.05, 4.69) is 0 Å². The molecular weight excluding hydrogens is 243 g/mol. The molecule has 2 aromatic rings. The highest BCUT2D eigenvalue weighted by Crippen LogP contribution is 2.26. The summed E-state index contributed by atoms with van der Waals surface area (Å²) in [5.41, 5.74) is 0.265. The minimum Gasteiger partial charge on any atom is -0.454 e. The third-order valence-corrected chi connectivity index (χ3v) is 2.35. The summed E-state index contributed by atoms with van der Waals surface area (Å²) in [5.74, 6) is -0.0947.